The number of hydrogen-bond acceptors (Lipinski definition) is 4. The summed E-state index contributed by atoms with van der Waals surface area (Å²) in [6, 6.07) is 12.7. The summed E-state index contributed by atoms with van der Waals surface area (Å²) in [5.41, 5.74) is 2.26. The van der Waals surface area contributed by atoms with Crippen LogP contribution in [-0.4, -0.2) is 31.2 Å². The molecule has 0 unspecified atom stereocenters. The maximum absolute atomic E-state index is 13.5. The molecular formula is C25H29N5O3. The largest absolute Gasteiger partial charge is 0.352 e. The maximum Gasteiger partial charge on any atom is 0.352 e. The molecule has 33 heavy (non-hydrogen) atoms. The number of fused-ring (bicyclic) bond motifs is 3. The van der Waals surface area contributed by atoms with E-state index in [1.54, 1.807) is 18.2 Å². The summed E-state index contributed by atoms with van der Waals surface area (Å²) in [6.07, 6.45) is 0.718. The lowest BCUT2D eigenvalue weighted by molar-refractivity contribution is 0.0949. The van der Waals surface area contributed by atoms with Crippen LogP contribution < -0.4 is 16.6 Å². The van der Waals surface area contributed by atoms with Gasteiger partial charge in [-0.15, -0.1) is 5.10 Å². The molecule has 2 heterocycles. The van der Waals surface area contributed by atoms with Gasteiger partial charge >= 0.3 is 5.69 Å². The van der Waals surface area contributed by atoms with Gasteiger partial charge in [0.2, 0.25) is 5.78 Å². The maximum atomic E-state index is 13.5. The van der Waals surface area contributed by atoms with Crippen LogP contribution in [0, 0.1) is 12.8 Å². The Labute approximate surface area is 191 Å². The van der Waals surface area contributed by atoms with Gasteiger partial charge in [-0.25, -0.2) is 13.9 Å². The lowest BCUT2D eigenvalue weighted by atomic mass is 10.1. The second-order valence-electron chi connectivity index (χ2n) is 8.79. The van der Waals surface area contributed by atoms with E-state index in [9.17, 15) is 14.4 Å². The molecule has 0 fully saturated rings. The van der Waals surface area contributed by atoms with Crippen molar-refractivity contribution in [3.63, 3.8) is 0 Å². The number of benzene rings is 2. The molecule has 1 amide bonds. The summed E-state index contributed by atoms with van der Waals surface area (Å²) < 4.78 is 4.37. The van der Waals surface area contributed by atoms with Crippen LogP contribution in [0.15, 0.2) is 52.1 Å². The van der Waals surface area contributed by atoms with Crippen molar-refractivity contribution < 1.29 is 4.79 Å². The van der Waals surface area contributed by atoms with E-state index in [4.69, 9.17) is 0 Å². The molecule has 0 aliphatic rings. The number of nitrogens with one attached hydrogen (secondary N) is 1. The minimum Gasteiger partial charge on any atom is -0.352 e. The van der Waals surface area contributed by atoms with Crippen LogP contribution in [0.4, 0.5) is 0 Å². The quantitative estimate of drug-likeness (QED) is 0.472. The minimum atomic E-state index is -0.345. The molecule has 0 aliphatic heterocycles. The first-order valence-corrected chi connectivity index (χ1v) is 11.3. The van der Waals surface area contributed by atoms with E-state index in [1.165, 1.54) is 13.6 Å². The number of carbonyl (C=O) groups excluding carboxylic acids is 1. The average Bonchev–Trinajstić information content (AvgIpc) is 3.12. The Bertz CT molecular complexity index is 1460. The summed E-state index contributed by atoms with van der Waals surface area (Å²) in [5, 5.41) is 7.81. The summed E-state index contributed by atoms with van der Waals surface area (Å²) in [6.45, 7) is 9.27. The zero-order chi connectivity index (χ0) is 23.7. The summed E-state index contributed by atoms with van der Waals surface area (Å²) >= 11 is 0. The molecule has 0 aliphatic carbocycles. The smallest absolute Gasteiger partial charge is 0.352 e. The lowest BCUT2D eigenvalue weighted by Crippen LogP contribution is -2.29. The van der Waals surface area contributed by atoms with Crippen molar-refractivity contribution in [2.45, 2.75) is 47.2 Å². The molecule has 0 atom stereocenters. The van der Waals surface area contributed by atoms with E-state index >= 15 is 0 Å². The number of carbonyl (C=O) groups is 1. The molecule has 0 saturated heterocycles. The first kappa shape index (κ1) is 22.5. The van der Waals surface area contributed by atoms with Gasteiger partial charge in [0.15, 0.2) is 0 Å². The Balaban J connectivity index is 1.94. The van der Waals surface area contributed by atoms with Crippen molar-refractivity contribution in [3.05, 3.63) is 80.0 Å². The van der Waals surface area contributed by atoms with Crippen molar-refractivity contribution in [2.24, 2.45) is 5.92 Å². The van der Waals surface area contributed by atoms with Crippen molar-refractivity contribution in [1.82, 2.24) is 24.1 Å². The monoisotopic (exact) mass is 447 g/mol. The van der Waals surface area contributed by atoms with Crippen LogP contribution in [0.5, 0.6) is 0 Å². The van der Waals surface area contributed by atoms with E-state index in [0.717, 1.165) is 17.5 Å². The minimum absolute atomic E-state index is 0.221. The molecule has 8 heteroatoms. The summed E-state index contributed by atoms with van der Waals surface area (Å²) in [7, 11) is 0. The normalized spacial score (nSPS) is 11.5. The van der Waals surface area contributed by atoms with Gasteiger partial charge in [-0.2, -0.15) is 0 Å². The summed E-state index contributed by atoms with van der Waals surface area (Å²) in [4.78, 5) is 39.4. The molecule has 4 rings (SSSR count). The molecule has 0 spiro atoms. The third-order valence-corrected chi connectivity index (χ3v) is 5.74. The molecule has 0 bridgehead atoms. The zero-order valence-corrected chi connectivity index (χ0v) is 19.5. The Morgan fingerprint density at radius 1 is 1.12 bits per heavy atom. The molecular weight excluding hydrogens is 418 g/mol. The standard InChI is InChI=1S/C25H29N5O3/c1-5-12-28-23(32)20-11-10-18(22(31)26-14-16(2)3)13-21(20)30-24(28)27-29(25(30)33)15-19-9-7-6-8-17(19)4/h6-11,13,16H,5,12,14-15H2,1-4H3,(H,26,31). The van der Waals surface area contributed by atoms with E-state index < -0.39 is 0 Å². The van der Waals surface area contributed by atoms with Crippen LogP contribution in [0.25, 0.3) is 16.7 Å². The van der Waals surface area contributed by atoms with Gasteiger partial charge in [0.25, 0.3) is 11.5 Å². The second kappa shape index (κ2) is 9.05. The van der Waals surface area contributed by atoms with Crippen LogP contribution >= 0.6 is 0 Å². The topological polar surface area (TPSA) is 90.4 Å². The highest BCUT2D eigenvalue weighted by Crippen LogP contribution is 2.15. The van der Waals surface area contributed by atoms with Gasteiger partial charge < -0.3 is 5.32 Å². The van der Waals surface area contributed by atoms with Crippen LogP contribution in [0.1, 0.15) is 48.7 Å². The third-order valence-electron chi connectivity index (χ3n) is 5.74. The lowest BCUT2D eigenvalue weighted by Gasteiger charge is -2.11. The Morgan fingerprint density at radius 3 is 2.58 bits per heavy atom. The number of aryl methyl sites for hydroxylation is 2. The molecule has 0 radical (unpaired) electrons. The van der Waals surface area contributed by atoms with Gasteiger partial charge in [0, 0.05) is 18.7 Å². The van der Waals surface area contributed by atoms with Gasteiger partial charge in [-0.05, 0) is 48.6 Å². The number of rotatable bonds is 7. The number of aromatic nitrogens is 4. The number of hydrogen-bond donors (Lipinski definition) is 1. The predicted molar refractivity (Wildman–Crippen MR) is 129 cm³/mol. The van der Waals surface area contributed by atoms with Crippen LogP contribution in [-0.2, 0) is 13.1 Å². The summed E-state index contributed by atoms with van der Waals surface area (Å²) in [5.74, 6) is 0.356. The zero-order valence-electron chi connectivity index (χ0n) is 19.5. The first-order chi connectivity index (χ1) is 15.8. The fraction of sp³-hybridized carbons (Fsp3) is 0.360. The van der Waals surface area contributed by atoms with E-state index in [2.05, 4.69) is 10.4 Å². The van der Waals surface area contributed by atoms with Crippen LogP contribution in [0.3, 0.4) is 0 Å². The number of amides is 1. The van der Waals surface area contributed by atoms with Crippen molar-refractivity contribution in [1.29, 1.82) is 0 Å². The Kier molecular flexibility index (Phi) is 6.18. The number of nitrogens with zero attached hydrogens (tertiary/aromatic N) is 4. The molecule has 0 saturated carbocycles. The third kappa shape index (κ3) is 4.20. The Hall–Kier alpha value is -3.68. The van der Waals surface area contributed by atoms with E-state index in [0.29, 0.717) is 42.0 Å². The molecule has 8 nitrogen and oxygen atoms in total. The fourth-order valence-electron chi connectivity index (χ4n) is 3.93. The van der Waals surface area contributed by atoms with Gasteiger partial charge in [0.1, 0.15) is 0 Å². The molecule has 2 aromatic heterocycles. The average molecular weight is 448 g/mol. The molecule has 1 N–H and O–H groups in total. The van der Waals surface area contributed by atoms with Crippen molar-refractivity contribution >= 4 is 22.6 Å². The van der Waals surface area contributed by atoms with Gasteiger partial charge in [-0.3, -0.25) is 14.2 Å². The van der Waals surface area contributed by atoms with Gasteiger partial charge in [-0.1, -0.05) is 45.0 Å². The van der Waals surface area contributed by atoms with Gasteiger partial charge in [0.05, 0.1) is 17.4 Å². The first-order valence-electron chi connectivity index (χ1n) is 11.3. The Morgan fingerprint density at radius 2 is 1.88 bits per heavy atom. The van der Waals surface area contributed by atoms with E-state index in [-0.39, 0.29) is 22.9 Å². The predicted octanol–water partition coefficient (Wildman–Crippen LogP) is 2.96. The fourth-order valence-corrected chi connectivity index (χ4v) is 3.93. The molecule has 2 aromatic carbocycles. The van der Waals surface area contributed by atoms with Crippen molar-refractivity contribution in [3.8, 4) is 0 Å². The highest BCUT2D eigenvalue weighted by Gasteiger charge is 2.19. The molecule has 172 valence electrons. The van der Waals surface area contributed by atoms with Crippen LogP contribution in [0.2, 0.25) is 0 Å². The SMILES string of the molecule is CCCn1c(=O)c2ccc(C(=O)NCC(C)C)cc2n2c(=O)n(Cc3ccccc3C)nc12. The van der Waals surface area contributed by atoms with E-state index in [1.807, 2.05) is 52.0 Å². The second-order valence-corrected chi connectivity index (χ2v) is 8.79. The highest BCUT2D eigenvalue weighted by molar-refractivity contribution is 5.98. The van der Waals surface area contributed by atoms with Crippen molar-refractivity contribution in [2.75, 3.05) is 6.54 Å². The highest BCUT2D eigenvalue weighted by atomic mass is 16.2. The molecule has 4 aromatic rings.